The Hall–Kier alpha value is -3.29. The number of piperazine rings is 1. The summed E-state index contributed by atoms with van der Waals surface area (Å²) in [5, 5.41) is 2.82. The molecule has 1 saturated heterocycles. The fraction of sp³-hybridized carbons (Fsp3) is 0.333. The van der Waals surface area contributed by atoms with E-state index in [-0.39, 0.29) is 17.8 Å². The Labute approximate surface area is 200 Å². The molecule has 0 unspecified atom stereocenters. The summed E-state index contributed by atoms with van der Waals surface area (Å²) in [6, 6.07) is 17.8. The van der Waals surface area contributed by atoms with E-state index >= 15 is 0 Å². The molecular weight excluding hydrogens is 431 g/mol. The topological polar surface area (TPSA) is 57.7 Å². The zero-order valence-corrected chi connectivity index (χ0v) is 19.5. The Morgan fingerprint density at radius 2 is 1.62 bits per heavy atom. The average molecular weight is 463 g/mol. The van der Waals surface area contributed by atoms with Crippen LogP contribution in [0.15, 0.2) is 73.1 Å². The zero-order valence-electron chi connectivity index (χ0n) is 19.5. The average Bonchev–Trinajstić information content (AvgIpc) is 2.86. The molecule has 2 heterocycles. The summed E-state index contributed by atoms with van der Waals surface area (Å²) in [5.74, 6) is 0.166. The molecular formula is C27H31FN4O2. The number of nitrogens with one attached hydrogen (secondary N) is 1. The minimum absolute atomic E-state index is 0.192. The second kappa shape index (κ2) is 11.7. The van der Waals surface area contributed by atoms with Crippen molar-refractivity contribution < 1.29 is 13.9 Å². The third kappa shape index (κ3) is 7.10. The van der Waals surface area contributed by atoms with Crippen molar-refractivity contribution in [2.45, 2.75) is 26.1 Å². The minimum atomic E-state index is -0.361. The Morgan fingerprint density at radius 3 is 2.24 bits per heavy atom. The summed E-state index contributed by atoms with van der Waals surface area (Å²) < 4.78 is 18.9. The number of amides is 1. The summed E-state index contributed by atoms with van der Waals surface area (Å²) >= 11 is 0. The molecule has 6 nitrogen and oxygen atoms in total. The van der Waals surface area contributed by atoms with E-state index < -0.39 is 0 Å². The molecule has 2 aromatic carbocycles. The van der Waals surface area contributed by atoms with E-state index in [1.54, 1.807) is 0 Å². The molecule has 1 amide bonds. The van der Waals surface area contributed by atoms with Crippen LogP contribution in [-0.2, 0) is 13.1 Å². The van der Waals surface area contributed by atoms with E-state index in [2.05, 4.69) is 38.3 Å². The van der Waals surface area contributed by atoms with Gasteiger partial charge in [0.25, 0.3) is 5.91 Å². The first-order valence-corrected chi connectivity index (χ1v) is 11.7. The molecule has 3 aromatic rings. The highest BCUT2D eigenvalue weighted by molar-refractivity contribution is 5.94. The number of rotatable bonds is 9. The van der Waals surface area contributed by atoms with Crippen LogP contribution in [0.4, 0.5) is 4.39 Å². The lowest BCUT2D eigenvalue weighted by atomic mass is 10.1. The van der Waals surface area contributed by atoms with E-state index in [9.17, 15) is 9.18 Å². The van der Waals surface area contributed by atoms with Crippen LogP contribution in [-0.4, -0.2) is 59.5 Å². The predicted molar refractivity (Wildman–Crippen MR) is 130 cm³/mol. The number of pyridine rings is 1. The molecule has 0 radical (unpaired) electrons. The summed E-state index contributed by atoms with van der Waals surface area (Å²) in [6.45, 7) is 8.34. The largest absolute Gasteiger partial charge is 0.489 e. The summed E-state index contributed by atoms with van der Waals surface area (Å²) in [4.78, 5) is 21.3. The number of benzene rings is 2. The van der Waals surface area contributed by atoms with Gasteiger partial charge in [-0.15, -0.1) is 0 Å². The fourth-order valence-electron chi connectivity index (χ4n) is 4.00. The van der Waals surface area contributed by atoms with E-state index in [0.29, 0.717) is 12.1 Å². The van der Waals surface area contributed by atoms with Crippen LogP contribution in [0.2, 0.25) is 0 Å². The van der Waals surface area contributed by atoms with E-state index in [1.807, 2.05) is 37.5 Å². The van der Waals surface area contributed by atoms with Gasteiger partial charge in [-0.2, -0.15) is 0 Å². The van der Waals surface area contributed by atoms with Gasteiger partial charge >= 0.3 is 0 Å². The number of hydrogen-bond acceptors (Lipinski definition) is 5. The van der Waals surface area contributed by atoms with E-state index in [0.717, 1.165) is 45.0 Å². The number of nitrogens with zero attached hydrogens (tertiary/aromatic N) is 3. The van der Waals surface area contributed by atoms with Gasteiger partial charge < -0.3 is 10.1 Å². The summed E-state index contributed by atoms with van der Waals surface area (Å²) in [7, 11) is 0. The quantitative estimate of drug-likeness (QED) is 0.525. The van der Waals surface area contributed by atoms with Crippen molar-refractivity contribution in [1.82, 2.24) is 20.1 Å². The number of hydrogen-bond donors (Lipinski definition) is 1. The van der Waals surface area contributed by atoms with Gasteiger partial charge in [-0.05, 0) is 60.5 Å². The molecule has 1 atom stereocenters. The van der Waals surface area contributed by atoms with Crippen LogP contribution in [0.5, 0.6) is 5.75 Å². The lowest BCUT2D eigenvalue weighted by Gasteiger charge is -2.34. The van der Waals surface area contributed by atoms with Crippen molar-refractivity contribution in [1.29, 1.82) is 0 Å². The Balaban J connectivity index is 1.17. The van der Waals surface area contributed by atoms with Crippen LogP contribution >= 0.6 is 0 Å². The van der Waals surface area contributed by atoms with Crippen LogP contribution in [0.3, 0.4) is 0 Å². The van der Waals surface area contributed by atoms with Gasteiger partial charge in [-0.25, -0.2) is 4.39 Å². The monoisotopic (exact) mass is 462 g/mol. The van der Waals surface area contributed by atoms with Gasteiger partial charge in [0.15, 0.2) is 0 Å². The number of carbonyl (C=O) groups is 1. The standard InChI is InChI=1S/C27H31FN4O2/c1-21(17-30-27(33)24-6-8-25(28)9-7-24)34-26-10-4-22(5-11-26)19-31-13-15-32(16-14-31)20-23-3-2-12-29-18-23/h2-12,18,21H,13-17,19-20H2,1H3,(H,30,33)/t21-/m1/s1. The van der Waals surface area contributed by atoms with Crippen molar-refractivity contribution in [3.63, 3.8) is 0 Å². The zero-order chi connectivity index (χ0) is 23.8. The predicted octanol–water partition coefficient (Wildman–Crippen LogP) is 3.74. The van der Waals surface area contributed by atoms with Crippen LogP contribution in [0, 0.1) is 5.82 Å². The Bertz CT molecular complexity index is 1040. The van der Waals surface area contributed by atoms with Crippen molar-refractivity contribution in [2.24, 2.45) is 0 Å². The first-order valence-electron chi connectivity index (χ1n) is 11.7. The van der Waals surface area contributed by atoms with Crippen LogP contribution in [0.1, 0.15) is 28.4 Å². The number of halogens is 1. The molecule has 1 aliphatic rings. The van der Waals surface area contributed by atoms with Gasteiger partial charge in [0.1, 0.15) is 17.7 Å². The molecule has 34 heavy (non-hydrogen) atoms. The summed E-state index contributed by atoms with van der Waals surface area (Å²) in [6.07, 6.45) is 3.56. The molecule has 1 N–H and O–H groups in total. The summed E-state index contributed by atoms with van der Waals surface area (Å²) in [5.41, 5.74) is 2.94. The van der Waals surface area contributed by atoms with Crippen molar-refractivity contribution in [3.05, 3.63) is 95.6 Å². The Kier molecular flexibility index (Phi) is 8.22. The second-order valence-corrected chi connectivity index (χ2v) is 8.70. The number of aromatic nitrogens is 1. The third-order valence-electron chi connectivity index (χ3n) is 5.92. The maximum Gasteiger partial charge on any atom is 0.251 e. The first-order chi connectivity index (χ1) is 16.5. The van der Waals surface area contributed by atoms with Crippen LogP contribution < -0.4 is 10.1 Å². The second-order valence-electron chi connectivity index (χ2n) is 8.70. The van der Waals surface area contributed by atoms with Crippen molar-refractivity contribution in [2.75, 3.05) is 32.7 Å². The van der Waals surface area contributed by atoms with Gasteiger partial charge in [-0.1, -0.05) is 18.2 Å². The first kappa shape index (κ1) is 23.9. The molecule has 0 bridgehead atoms. The SMILES string of the molecule is C[C@H](CNC(=O)c1ccc(F)cc1)Oc1ccc(CN2CCN(Cc3cccnc3)CC2)cc1. The van der Waals surface area contributed by atoms with Gasteiger partial charge in [0.05, 0.1) is 6.54 Å². The molecule has 178 valence electrons. The molecule has 0 saturated carbocycles. The maximum atomic E-state index is 13.0. The maximum absolute atomic E-state index is 13.0. The van der Waals surface area contributed by atoms with Gasteiger partial charge in [0, 0.05) is 57.2 Å². The minimum Gasteiger partial charge on any atom is -0.489 e. The highest BCUT2D eigenvalue weighted by Gasteiger charge is 2.17. The molecule has 1 aromatic heterocycles. The van der Waals surface area contributed by atoms with Crippen molar-refractivity contribution >= 4 is 5.91 Å². The molecule has 0 spiro atoms. The molecule has 7 heteroatoms. The highest BCUT2D eigenvalue weighted by Crippen LogP contribution is 2.16. The molecule has 4 rings (SSSR count). The fourth-order valence-corrected chi connectivity index (χ4v) is 4.00. The van der Waals surface area contributed by atoms with E-state index in [4.69, 9.17) is 4.74 Å². The third-order valence-corrected chi connectivity index (χ3v) is 5.92. The lowest BCUT2D eigenvalue weighted by Crippen LogP contribution is -2.45. The Morgan fingerprint density at radius 1 is 0.971 bits per heavy atom. The smallest absolute Gasteiger partial charge is 0.251 e. The van der Waals surface area contributed by atoms with Crippen molar-refractivity contribution in [3.8, 4) is 5.75 Å². The normalized spacial score (nSPS) is 15.6. The van der Waals surface area contributed by atoms with Gasteiger partial charge in [0.2, 0.25) is 0 Å². The lowest BCUT2D eigenvalue weighted by molar-refractivity contribution is 0.0932. The highest BCUT2D eigenvalue weighted by atomic mass is 19.1. The number of ether oxygens (including phenoxy) is 1. The molecule has 1 aliphatic heterocycles. The number of carbonyl (C=O) groups excluding carboxylic acids is 1. The molecule has 1 fully saturated rings. The van der Waals surface area contributed by atoms with E-state index in [1.165, 1.54) is 35.4 Å². The van der Waals surface area contributed by atoms with Crippen LogP contribution in [0.25, 0.3) is 0 Å². The molecule has 0 aliphatic carbocycles. The van der Waals surface area contributed by atoms with Gasteiger partial charge in [-0.3, -0.25) is 19.6 Å².